The Morgan fingerprint density at radius 2 is 1.93 bits per heavy atom. The van der Waals surface area contributed by atoms with Crippen molar-refractivity contribution < 1.29 is 18.8 Å². The van der Waals surface area contributed by atoms with Crippen molar-refractivity contribution in [2.24, 2.45) is 0 Å². The van der Waals surface area contributed by atoms with Crippen LogP contribution in [-0.4, -0.2) is 32.4 Å². The number of amides is 1. The van der Waals surface area contributed by atoms with E-state index in [-0.39, 0.29) is 5.91 Å². The molecule has 0 aliphatic rings. The van der Waals surface area contributed by atoms with Gasteiger partial charge in [0.1, 0.15) is 18.0 Å². The first kappa shape index (κ1) is 20.8. The highest BCUT2D eigenvalue weighted by Crippen LogP contribution is 2.26. The zero-order valence-corrected chi connectivity index (χ0v) is 16.7. The van der Waals surface area contributed by atoms with Crippen molar-refractivity contribution >= 4 is 30.7 Å². The van der Waals surface area contributed by atoms with Gasteiger partial charge in [-0.2, -0.15) is 12.6 Å². The average Bonchev–Trinajstić information content (AvgIpc) is 2.71. The number of benzene rings is 1. The van der Waals surface area contributed by atoms with Gasteiger partial charge in [0.25, 0.3) is 0 Å². The summed E-state index contributed by atoms with van der Waals surface area (Å²) in [6, 6.07) is 9.84. The Labute approximate surface area is 166 Å². The number of ether oxygens (including phenoxy) is 2. The smallest absolute Gasteiger partial charge is 0.220 e. The largest absolute Gasteiger partial charge is 0.497 e. The molecule has 5 nitrogen and oxygen atoms in total. The topological polar surface area (TPSA) is 51.4 Å². The molecule has 1 heterocycles. The van der Waals surface area contributed by atoms with E-state index in [1.807, 2.05) is 54.9 Å². The van der Waals surface area contributed by atoms with Crippen LogP contribution in [-0.2, 0) is 11.3 Å². The number of methoxy groups -OCH3 is 2. The third kappa shape index (κ3) is 6.98. The molecular weight excluding hydrogens is 360 g/mol. The lowest BCUT2D eigenvalue weighted by atomic mass is 10.1. The first-order valence-corrected chi connectivity index (χ1v) is 9.56. The minimum Gasteiger partial charge on any atom is -0.497 e. The quantitative estimate of drug-likeness (QED) is 0.487. The number of thiol groups is 1. The van der Waals surface area contributed by atoms with Crippen LogP contribution in [0.4, 0.5) is 0 Å². The van der Waals surface area contributed by atoms with E-state index in [1.165, 1.54) is 0 Å². The number of hydrogen-bond donors (Lipinski definition) is 2. The fourth-order valence-electron chi connectivity index (χ4n) is 2.58. The molecule has 2 rings (SSSR count). The van der Waals surface area contributed by atoms with E-state index in [4.69, 9.17) is 9.47 Å². The molecule has 1 amide bonds. The van der Waals surface area contributed by atoms with Crippen LogP contribution < -0.4 is 19.4 Å². The molecule has 0 saturated heterocycles. The molecule has 1 aromatic heterocycles. The molecule has 0 aliphatic carbocycles. The standard InChI is InChI=1S/C21H26N2O3S/c1-25-19-8-7-18(20(16-19)26-2)6-5-17-9-13-23(14-10-17)12-3-4-21(24)22-11-15-27/h5-10,13-14,16H,3-4,11-12,15H2,1-2H3,(H-,22,24,27)/p+1/b6-5+. The van der Waals surface area contributed by atoms with Gasteiger partial charge in [-0.15, -0.1) is 0 Å². The summed E-state index contributed by atoms with van der Waals surface area (Å²) in [4.78, 5) is 11.6. The Morgan fingerprint density at radius 3 is 2.59 bits per heavy atom. The second kappa shape index (κ2) is 11.3. The third-order valence-corrected chi connectivity index (χ3v) is 4.29. The van der Waals surface area contributed by atoms with Gasteiger partial charge in [-0.25, -0.2) is 4.57 Å². The van der Waals surface area contributed by atoms with Crippen molar-refractivity contribution in [2.45, 2.75) is 19.4 Å². The van der Waals surface area contributed by atoms with Gasteiger partial charge in [0.15, 0.2) is 12.4 Å². The lowest BCUT2D eigenvalue weighted by Gasteiger charge is -2.07. The third-order valence-electron chi connectivity index (χ3n) is 4.07. The van der Waals surface area contributed by atoms with Gasteiger partial charge in [-0.3, -0.25) is 4.79 Å². The van der Waals surface area contributed by atoms with Crippen molar-refractivity contribution in [3.8, 4) is 11.5 Å². The van der Waals surface area contributed by atoms with Crippen molar-refractivity contribution in [1.29, 1.82) is 0 Å². The SMILES string of the molecule is COc1ccc(/C=C/c2cc[n+](CCCC(=O)NCCS)cc2)c(OC)c1. The first-order chi connectivity index (χ1) is 13.2. The first-order valence-electron chi connectivity index (χ1n) is 8.93. The molecule has 0 atom stereocenters. The minimum atomic E-state index is 0.0812. The number of carbonyl (C=O) groups is 1. The number of hydrogen-bond acceptors (Lipinski definition) is 4. The number of aromatic nitrogens is 1. The zero-order valence-electron chi connectivity index (χ0n) is 15.9. The van der Waals surface area contributed by atoms with E-state index >= 15 is 0 Å². The van der Waals surface area contributed by atoms with Gasteiger partial charge in [0.05, 0.1) is 14.2 Å². The molecule has 144 valence electrons. The van der Waals surface area contributed by atoms with Gasteiger partial charge in [0, 0.05) is 48.9 Å². The van der Waals surface area contributed by atoms with Gasteiger partial charge < -0.3 is 14.8 Å². The molecule has 0 radical (unpaired) electrons. The number of pyridine rings is 1. The number of aryl methyl sites for hydroxylation is 1. The lowest BCUT2D eigenvalue weighted by Crippen LogP contribution is -2.33. The van der Waals surface area contributed by atoms with Crippen molar-refractivity contribution in [3.05, 3.63) is 53.9 Å². The molecule has 6 heteroatoms. The molecule has 1 N–H and O–H groups in total. The fraction of sp³-hybridized carbons (Fsp3) is 0.333. The van der Waals surface area contributed by atoms with E-state index in [0.29, 0.717) is 18.7 Å². The van der Waals surface area contributed by atoms with Crippen LogP contribution in [0.5, 0.6) is 11.5 Å². The number of nitrogens with one attached hydrogen (secondary N) is 1. The summed E-state index contributed by atoms with van der Waals surface area (Å²) >= 11 is 4.08. The average molecular weight is 388 g/mol. The second-order valence-corrected chi connectivity index (χ2v) is 6.43. The predicted octanol–water partition coefficient (Wildman–Crippen LogP) is 2.99. The van der Waals surface area contributed by atoms with Crippen LogP contribution in [0, 0.1) is 0 Å². The summed E-state index contributed by atoms with van der Waals surface area (Å²) in [5, 5.41) is 2.82. The van der Waals surface area contributed by atoms with E-state index in [1.54, 1.807) is 14.2 Å². The molecule has 0 saturated carbocycles. The van der Waals surface area contributed by atoms with E-state index < -0.39 is 0 Å². The number of nitrogens with zero attached hydrogens (tertiary/aromatic N) is 1. The number of rotatable bonds is 10. The summed E-state index contributed by atoms with van der Waals surface area (Å²) in [7, 11) is 3.29. The zero-order chi connectivity index (χ0) is 19.5. The molecule has 2 aromatic rings. The maximum atomic E-state index is 11.6. The molecule has 27 heavy (non-hydrogen) atoms. The Balaban J connectivity index is 1.90. The van der Waals surface area contributed by atoms with Crippen molar-refractivity contribution in [1.82, 2.24) is 5.32 Å². The maximum absolute atomic E-state index is 11.6. The van der Waals surface area contributed by atoms with Gasteiger partial charge in [0.2, 0.25) is 5.91 Å². The van der Waals surface area contributed by atoms with Crippen LogP contribution in [0.3, 0.4) is 0 Å². The Bertz CT molecular complexity index is 761. The summed E-state index contributed by atoms with van der Waals surface area (Å²) in [6.45, 7) is 1.43. The summed E-state index contributed by atoms with van der Waals surface area (Å²) in [6.07, 6.45) is 9.44. The van der Waals surface area contributed by atoms with Gasteiger partial charge in [-0.05, 0) is 17.7 Å². The van der Waals surface area contributed by atoms with Crippen molar-refractivity contribution in [2.75, 3.05) is 26.5 Å². The maximum Gasteiger partial charge on any atom is 0.220 e. The van der Waals surface area contributed by atoms with Gasteiger partial charge in [-0.1, -0.05) is 12.2 Å². The highest BCUT2D eigenvalue weighted by molar-refractivity contribution is 7.80. The highest BCUT2D eigenvalue weighted by atomic mass is 32.1. The summed E-state index contributed by atoms with van der Waals surface area (Å²) in [5.74, 6) is 2.28. The molecular formula is C21H27N2O3S+. The Morgan fingerprint density at radius 1 is 1.15 bits per heavy atom. The van der Waals surface area contributed by atoms with Crippen LogP contribution in [0.1, 0.15) is 24.0 Å². The van der Waals surface area contributed by atoms with Gasteiger partial charge >= 0.3 is 0 Å². The normalized spacial score (nSPS) is 10.8. The minimum absolute atomic E-state index is 0.0812. The molecule has 0 unspecified atom stereocenters. The molecule has 1 aromatic carbocycles. The molecule has 0 fully saturated rings. The summed E-state index contributed by atoms with van der Waals surface area (Å²) < 4.78 is 12.7. The molecule has 0 aliphatic heterocycles. The highest BCUT2D eigenvalue weighted by Gasteiger charge is 2.05. The fourth-order valence-corrected chi connectivity index (χ4v) is 2.69. The van der Waals surface area contributed by atoms with E-state index in [0.717, 1.165) is 35.6 Å². The lowest BCUT2D eigenvalue weighted by molar-refractivity contribution is -0.697. The number of carbonyl (C=O) groups excluding carboxylic acids is 1. The van der Waals surface area contributed by atoms with E-state index in [9.17, 15) is 4.79 Å². The Hall–Kier alpha value is -2.47. The molecule has 0 spiro atoms. The van der Waals surface area contributed by atoms with Crippen LogP contribution in [0.25, 0.3) is 12.2 Å². The molecule has 0 bridgehead atoms. The predicted molar refractivity (Wildman–Crippen MR) is 111 cm³/mol. The summed E-state index contributed by atoms with van der Waals surface area (Å²) in [5.41, 5.74) is 2.08. The van der Waals surface area contributed by atoms with Crippen molar-refractivity contribution in [3.63, 3.8) is 0 Å². The van der Waals surface area contributed by atoms with Crippen LogP contribution in [0.15, 0.2) is 42.7 Å². The van der Waals surface area contributed by atoms with Crippen LogP contribution >= 0.6 is 12.6 Å². The van der Waals surface area contributed by atoms with Crippen LogP contribution in [0.2, 0.25) is 0 Å². The Kier molecular flexibility index (Phi) is 8.71. The monoisotopic (exact) mass is 387 g/mol. The second-order valence-electron chi connectivity index (χ2n) is 5.99. The van der Waals surface area contributed by atoms with E-state index in [2.05, 4.69) is 22.5 Å².